The molecule has 2 aliphatic rings. The Morgan fingerprint density at radius 1 is 0.975 bits per heavy atom. The minimum atomic E-state index is -4.40. The summed E-state index contributed by atoms with van der Waals surface area (Å²) in [6.07, 6.45) is 6.75. The third-order valence-electron chi connectivity index (χ3n) is 6.59. The molecule has 2 fully saturated rings. The molecule has 40 heavy (non-hydrogen) atoms. The number of aromatic nitrogens is 8. The maximum absolute atomic E-state index is 11.4. The quantitative estimate of drug-likeness (QED) is 0.159. The third-order valence-corrected chi connectivity index (χ3v) is 7.84. The summed E-state index contributed by atoms with van der Waals surface area (Å²) >= 11 is 0. The summed E-state index contributed by atoms with van der Waals surface area (Å²) < 4.78 is 38.9. The van der Waals surface area contributed by atoms with Crippen LogP contribution in [0.5, 0.6) is 0 Å². The van der Waals surface area contributed by atoms with Crippen molar-refractivity contribution in [2.75, 3.05) is 18.1 Å². The molecule has 6 atom stereocenters. The fourth-order valence-corrected chi connectivity index (χ4v) is 5.79. The fraction of sp³-hybridized carbons (Fsp3) is 0.429. The van der Waals surface area contributed by atoms with Crippen LogP contribution in [-0.2, 0) is 23.1 Å². The maximum Gasteiger partial charge on any atom is 0.348 e. The number of nitrogens with two attached hydrogens (primary N) is 2. The predicted molar refractivity (Wildman–Crippen MR) is 141 cm³/mol. The number of hydrogen-bond donors (Lipinski definition) is 4. The minimum Gasteiger partial charge on any atom is -0.382 e. The Balaban J connectivity index is 1.06. The lowest BCUT2D eigenvalue weighted by atomic mass is 10.2. The Morgan fingerprint density at radius 2 is 1.62 bits per heavy atom. The van der Waals surface area contributed by atoms with Crippen LogP contribution in [0.15, 0.2) is 37.2 Å². The standard InChI is InChI=1S/C21H26N10O7P2/c22-18-16-20(26-7-24-18)30(9-28-16)14-2-1-11(36-14)6-35-39-38-13-5-15(37-12(13)3-4-40(32,33)34)31-10-29-17-19(23)25-8-27-21(17)31/h3-4,7-15,39H,1-2,5-6H2,(H2,22,24,26)(H2,23,25,27)(H2,32,33,34)/b4-3+/t11-,12+,13?,14+,15+/m0/s1. The molecule has 19 heteroatoms. The number of nitrogen functional groups attached to an aromatic ring is 2. The largest absolute Gasteiger partial charge is 0.382 e. The average Bonchev–Trinajstić information content (AvgIpc) is 3.70. The van der Waals surface area contributed by atoms with Crippen LogP contribution in [-0.4, -0.2) is 73.7 Å². The lowest BCUT2D eigenvalue weighted by Gasteiger charge is -2.17. The zero-order chi connectivity index (χ0) is 27.9. The molecular formula is C21H26N10O7P2. The maximum atomic E-state index is 11.4. The second-order valence-electron chi connectivity index (χ2n) is 9.23. The monoisotopic (exact) mass is 592 g/mol. The molecule has 0 radical (unpaired) electrons. The van der Waals surface area contributed by atoms with Gasteiger partial charge in [-0.05, 0) is 18.9 Å². The van der Waals surface area contributed by atoms with Crippen LogP contribution in [0.1, 0.15) is 31.7 Å². The first-order chi connectivity index (χ1) is 19.3. The number of rotatable bonds is 9. The van der Waals surface area contributed by atoms with E-state index in [0.717, 1.165) is 18.7 Å². The highest BCUT2D eigenvalue weighted by Gasteiger charge is 2.37. The van der Waals surface area contributed by atoms with Gasteiger partial charge in [-0.3, -0.25) is 13.7 Å². The van der Waals surface area contributed by atoms with Crippen molar-refractivity contribution < 1.29 is 32.9 Å². The van der Waals surface area contributed by atoms with Crippen molar-refractivity contribution in [2.24, 2.45) is 0 Å². The van der Waals surface area contributed by atoms with E-state index in [2.05, 4.69) is 29.9 Å². The number of nitrogens with zero attached hydrogens (tertiary/aromatic N) is 8. The highest BCUT2D eigenvalue weighted by Crippen LogP contribution is 2.41. The van der Waals surface area contributed by atoms with E-state index in [1.54, 1.807) is 10.9 Å². The summed E-state index contributed by atoms with van der Waals surface area (Å²) in [7, 11) is -4.76. The normalized spacial score (nSPS) is 25.9. The zero-order valence-electron chi connectivity index (χ0n) is 20.8. The van der Waals surface area contributed by atoms with E-state index < -0.39 is 26.0 Å². The summed E-state index contributed by atoms with van der Waals surface area (Å²) in [4.78, 5) is 43.6. The van der Waals surface area contributed by atoms with E-state index in [4.69, 9.17) is 30.0 Å². The number of fused-ring (bicyclic) bond motifs is 2. The third kappa shape index (κ3) is 5.55. The Hall–Kier alpha value is -3.14. The Labute approximate surface area is 228 Å². The first-order valence-corrected chi connectivity index (χ1v) is 14.7. The van der Waals surface area contributed by atoms with Gasteiger partial charge in [-0.25, -0.2) is 29.9 Å². The number of ether oxygens (including phenoxy) is 2. The van der Waals surface area contributed by atoms with Crippen LogP contribution >= 0.6 is 16.6 Å². The van der Waals surface area contributed by atoms with Gasteiger partial charge in [0.05, 0.1) is 31.5 Å². The van der Waals surface area contributed by atoms with Gasteiger partial charge >= 0.3 is 7.60 Å². The lowest BCUT2D eigenvalue weighted by molar-refractivity contribution is -0.0170. The van der Waals surface area contributed by atoms with Crippen molar-refractivity contribution in [1.82, 2.24) is 39.0 Å². The van der Waals surface area contributed by atoms with Crippen molar-refractivity contribution in [1.29, 1.82) is 0 Å². The molecule has 0 aliphatic carbocycles. The summed E-state index contributed by atoms with van der Waals surface area (Å²) in [5.74, 6) is 1.35. The van der Waals surface area contributed by atoms with Gasteiger partial charge in [0.2, 0.25) is 0 Å². The molecule has 2 saturated heterocycles. The molecule has 6 heterocycles. The summed E-state index contributed by atoms with van der Waals surface area (Å²) in [5.41, 5.74) is 13.8. The summed E-state index contributed by atoms with van der Waals surface area (Å²) in [6, 6.07) is 0. The van der Waals surface area contributed by atoms with Gasteiger partial charge in [-0.2, -0.15) is 0 Å². The SMILES string of the molecule is Nc1ncnc2c1ncn2[C@H]1CC[C@@H](COPOC2C[C@H](n3cnc4c(N)ncnc43)O[C@@H]2/C=C/P(=O)(O)O)O1. The second-order valence-corrected chi connectivity index (χ2v) is 11.4. The molecule has 4 aromatic heterocycles. The van der Waals surface area contributed by atoms with Crippen molar-refractivity contribution >= 4 is 50.6 Å². The molecule has 0 aromatic carbocycles. The Morgan fingerprint density at radius 3 is 2.27 bits per heavy atom. The first-order valence-electron chi connectivity index (χ1n) is 12.2. The van der Waals surface area contributed by atoms with E-state index in [0.29, 0.717) is 41.2 Å². The molecule has 0 spiro atoms. The zero-order valence-corrected chi connectivity index (χ0v) is 22.7. The predicted octanol–water partition coefficient (Wildman–Crippen LogP) is 1.40. The van der Waals surface area contributed by atoms with Gasteiger partial charge in [0.15, 0.2) is 32.0 Å². The molecule has 0 saturated carbocycles. The molecular weight excluding hydrogens is 566 g/mol. The minimum absolute atomic E-state index is 0.168. The highest BCUT2D eigenvalue weighted by atomic mass is 31.2. The molecule has 2 aliphatic heterocycles. The molecule has 6 rings (SSSR count). The molecule has 0 amide bonds. The van der Waals surface area contributed by atoms with Gasteiger partial charge in [-0.15, -0.1) is 0 Å². The van der Waals surface area contributed by atoms with Crippen LogP contribution in [0.2, 0.25) is 0 Å². The van der Waals surface area contributed by atoms with Crippen LogP contribution < -0.4 is 11.5 Å². The van der Waals surface area contributed by atoms with Crippen molar-refractivity contribution in [2.45, 2.75) is 50.0 Å². The van der Waals surface area contributed by atoms with Crippen LogP contribution in [0.3, 0.4) is 0 Å². The number of imidazole rings is 2. The highest BCUT2D eigenvalue weighted by molar-refractivity contribution is 7.55. The van der Waals surface area contributed by atoms with Crippen molar-refractivity contribution in [3.05, 3.63) is 37.2 Å². The van der Waals surface area contributed by atoms with Gasteiger partial charge in [0.25, 0.3) is 0 Å². The molecule has 2 unspecified atom stereocenters. The van der Waals surface area contributed by atoms with Crippen LogP contribution in [0, 0.1) is 0 Å². The Kier molecular flexibility index (Phi) is 7.46. The molecule has 0 bridgehead atoms. The van der Waals surface area contributed by atoms with E-state index >= 15 is 0 Å². The van der Waals surface area contributed by atoms with Crippen LogP contribution in [0.4, 0.5) is 11.6 Å². The van der Waals surface area contributed by atoms with E-state index in [-0.39, 0.29) is 27.2 Å². The van der Waals surface area contributed by atoms with Crippen molar-refractivity contribution in [3.63, 3.8) is 0 Å². The second kappa shape index (κ2) is 11.0. The van der Waals surface area contributed by atoms with Gasteiger partial charge < -0.3 is 39.8 Å². The van der Waals surface area contributed by atoms with Gasteiger partial charge in [0, 0.05) is 12.2 Å². The summed E-state index contributed by atoms with van der Waals surface area (Å²) in [5, 5.41) is 0. The number of hydrogen-bond acceptors (Lipinski definition) is 13. The molecule has 6 N–H and O–H groups in total. The average molecular weight is 592 g/mol. The topological polar surface area (TPSA) is 234 Å². The summed E-state index contributed by atoms with van der Waals surface area (Å²) in [6.45, 7) is 0.293. The van der Waals surface area contributed by atoms with E-state index in [1.165, 1.54) is 25.1 Å². The van der Waals surface area contributed by atoms with E-state index in [9.17, 15) is 14.4 Å². The number of anilines is 2. The fourth-order valence-electron chi connectivity index (χ4n) is 4.72. The molecule has 212 valence electrons. The van der Waals surface area contributed by atoms with Crippen molar-refractivity contribution in [3.8, 4) is 0 Å². The lowest BCUT2D eigenvalue weighted by Crippen LogP contribution is -2.20. The van der Waals surface area contributed by atoms with E-state index in [1.807, 2.05) is 4.57 Å². The first kappa shape index (κ1) is 27.1. The molecule has 17 nitrogen and oxygen atoms in total. The smallest absolute Gasteiger partial charge is 0.348 e. The van der Waals surface area contributed by atoms with Crippen LogP contribution in [0.25, 0.3) is 22.3 Å². The van der Waals surface area contributed by atoms with Gasteiger partial charge in [0.1, 0.15) is 42.2 Å². The van der Waals surface area contributed by atoms with Gasteiger partial charge in [-0.1, -0.05) is 0 Å². The Bertz CT molecular complexity index is 1590. The molecule has 4 aromatic rings.